The van der Waals surface area contributed by atoms with Crippen molar-refractivity contribution in [3.8, 4) is 0 Å². The van der Waals surface area contributed by atoms with Crippen LogP contribution in [0.3, 0.4) is 0 Å². The number of carbonyl (C=O) groups excluding carboxylic acids is 1. The number of benzene rings is 1. The number of rotatable bonds is 4. The monoisotopic (exact) mass is 337 g/mol. The summed E-state index contributed by atoms with van der Waals surface area (Å²) in [5.74, 6) is -1.80. The second-order valence-electron chi connectivity index (χ2n) is 4.22. The first-order chi connectivity index (χ1) is 9.49. The van der Waals surface area contributed by atoms with E-state index in [1.165, 1.54) is 17.0 Å². The molecular weight excluding hydrogens is 326 g/mol. The molecule has 2 rings (SSSR count). The summed E-state index contributed by atoms with van der Waals surface area (Å²) in [6, 6.07) is 10.2. The number of carbonyl (C=O) groups is 2. The van der Waals surface area contributed by atoms with Crippen molar-refractivity contribution in [3.05, 3.63) is 58.0 Å². The summed E-state index contributed by atoms with van der Waals surface area (Å²) in [7, 11) is 1.63. The lowest BCUT2D eigenvalue weighted by Crippen LogP contribution is -2.26. The van der Waals surface area contributed by atoms with Crippen molar-refractivity contribution in [2.75, 3.05) is 7.05 Å². The molecule has 0 saturated heterocycles. The molecule has 1 N–H and O–H groups in total. The number of hydrogen-bond donors (Lipinski definition) is 1. The maximum Gasteiger partial charge on any atom is 0.371 e. The highest BCUT2D eigenvalue weighted by atomic mass is 79.9. The van der Waals surface area contributed by atoms with Crippen LogP contribution in [0.1, 0.15) is 26.7 Å². The number of carboxylic acids is 1. The Hall–Kier alpha value is -2.08. The molecule has 0 atom stereocenters. The predicted molar refractivity (Wildman–Crippen MR) is 75.6 cm³/mol. The molecule has 6 heteroatoms. The highest BCUT2D eigenvalue weighted by molar-refractivity contribution is 9.10. The number of aromatic carboxylic acids is 1. The Morgan fingerprint density at radius 1 is 1.20 bits per heavy atom. The average molecular weight is 338 g/mol. The SMILES string of the molecule is CN(Cc1ccccc1Br)C(=O)c1ccc(C(=O)O)o1. The van der Waals surface area contributed by atoms with Gasteiger partial charge in [0.25, 0.3) is 5.91 Å². The van der Waals surface area contributed by atoms with Crippen molar-refractivity contribution in [2.24, 2.45) is 0 Å². The molecule has 104 valence electrons. The van der Waals surface area contributed by atoms with E-state index in [0.29, 0.717) is 6.54 Å². The highest BCUT2D eigenvalue weighted by Crippen LogP contribution is 2.18. The molecule has 20 heavy (non-hydrogen) atoms. The van der Waals surface area contributed by atoms with E-state index in [2.05, 4.69) is 15.9 Å². The smallest absolute Gasteiger partial charge is 0.371 e. The number of halogens is 1. The van der Waals surface area contributed by atoms with Crippen molar-refractivity contribution in [2.45, 2.75) is 6.54 Å². The number of furan rings is 1. The molecule has 0 bridgehead atoms. The molecular formula is C14H12BrNO4. The quantitative estimate of drug-likeness (QED) is 0.930. The van der Waals surface area contributed by atoms with Crippen LogP contribution in [-0.4, -0.2) is 28.9 Å². The van der Waals surface area contributed by atoms with Gasteiger partial charge in [0.1, 0.15) is 0 Å². The van der Waals surface area contributed by atoms with Crippen LogP contribution in [0, 0.1) is 0 Å². The molecule has 0 aliphatic rings. The molecule has 0 aliphatic heterocycles. The summed E-state index contributed by atoms with van der Waals surface area (Å²) < 4.78 is 5.90. The van der Waals surface area contributed by atoms with Gasteiger partial charge in [-0.1, -0.05) is 34.1 Å². The van der Waals surface area contributed by atoms with E-state index >= 15 is 0 Å². The molecule has 0 saturated carbocycles. The third-order valence-corrected chi connectivity index (χ3v) is 3.51. The van der Waals surface area contributed by atoms with Crippen molar-refractivity contribution < 1.29 is 19.1 Å². The second-order valence-corrected chi connectivity index (χ2v) is 5.08. The maximum atomic E-state index is 12.1. The summed E-state index contributed by atoms with van der Waals surface area (Å²) in [5.41, 5.74) is 0.952. The Kier molecular flexibility index (Phi) is 4.24. The van der Waals surface area contributed by atoms with Crippen LogP contribution in [0.5, 0.6) is 0 Å². The van der Waals surface area contributed by atoms with Gasteiger partial charge in [-0.25, -0.2) is 4.79 Å². The van der Waals surface area contributed by atoms with E-state index in [-0.39, 0.29) is 17.4 Å². The van der Waals surface area contributed by atoms with Crippen LogP contribution < -0.4 is 0 Å². The van der Waals surface area contributed by atoms with Gasteiger partial charge in [0.05, 0.1) is 0 Å². The predicted octanol–water partition coefficient (Wildman–Crippen LogP) is 3.01. The number of hydrogen-bond acceptors (Lipinski definition) is 3. The topological polar surface area (TPSA) is 70.8 Å². The minimum absolute atomic E-state index is 0.0111. The van der Waals surface area contributed by atoms with Crippen LogP contribution >= 0.6 is 15.9 Å². The summed E-state index contributed by atoms with van der Waals surface area (Å²) in [4.78, 5) is 24.3. The van der Waals surface area contributed by atoms with Crippen molar-refractivity contribution in [1.82, 2.24) is 4.90 Å². The van der Waals surface area contributed by atoms with Crippen molar-refractivity contribution in [1.29, 1.82) is 0 Å². The van der Waals surface area contributed by atoms with Gasteiger partial charge in [0.2, 0.25) is 5.76 Å². The highest BCUT2D eigenvalue weighted by Gasteiger charge is 2.18. The fraction of sp³-hybridized carbons (Fsp3) is 0.143. The van der Waals surface area contributed by atoms with Gasteiger partial charge in [-0.2, -0.15) is 0 Å². The average Bonchev–Trinajstić information content (AvgIpc) is 2.90. The first-order valence-corrected chi connectivity index (χ1v) is 6.60. The molecule has 2 aromatic rings. The summed E-state index contributed by atoms with van der Waals surface area (Å²) in [5, 5.41) is 8.77. The zero-order valence-corrected chi connectivity index (χ0v) is 12.3. The van der Waals surface area contributed by atoms with Crippen molar-refractivity contribution in [3.63, 3.8) is 0 Å². The van der Waals surface area contributed by atoms with Crippen LogP contribution in [-0.2, 0) is 6.54 Å². The van der Waals surface area contributed by atoms with Gasteiger partial charge in [0.15, 0.2) is 5.76 Å². The summed E-state index contributed by atoms with van der Waals surface area (Å²) >= 11 is 3.41. The van der Waals surface area contributed by atoms with E-state index in [0.717, 1.165) is 10.0 Å². The van der Waals surface area contributed by atoms with E-state index in [1.807, 2.05) is 24.3 Å². The fourth-order valence-corrected chi connectivity index (χ4v) is 2.12. The van der Waals surface area contributed by atoms with Crippen molar-refractivity contribution >= 4 is 27.8 Å². The lowest BCUT2D eigenvalue weighted by Gasteiger charge is -2.16. The molecule has 0 radical (unpaired) electrons. The van der Waals surface area contributed by atoms with Gasteiger partial charge in [0, 0.05) is 18.1 Å². The van der Waals surface area contributed by atoms with E-state index < -0.39 is 5.97 Å². The molecule has 0 spiro atoms. The number of amides is 1. The van der Waals surface area contributed by atoms with Gasteiger partial charge >= 0.3 is 5.97 Å². The maximum absolute atomic E-state index is 12.1. The molecule has 1 amide bonds. The van der Waals surface area contributed by atoms with Crippen LogP contribution in [0.15, 0.2) is 45.3 Å². The molecule has 0 fully saturated rings. The summed E-state index contributed by atoms with van der Waals surface area (Å²) in [6.45, 7) is 0.392. The molecule has 0 aliphatic carbocycles. The van der Waals surface area contributed by atoms with Crippen LogP contribution in [0.2, 0.25) is 0 Å². The van der Waals surface area contributed by atoms with Gasteiger partial charge < -0.3 is 14.4 Å². The molecule has 1 aromatic heterocycles. The van der Waals surface area contributed by atoms with Gasteiger partial charge in [-0.15, -0.1) is 0 Å². The zero-order chi connectivity index (χ0) is 14.7. The first-order valence-electron chi connectivity index (χ1n) is 5.81. The Labute approximate surface area is 123 Å². The Bertz CT molecular complexity index is 650. The Morgan fingerprint density at radius 3 is 2.45 bits per heavy atom. The Morgan fingerprint density at radius 2 is 1.85 bits per heavy atom. The fourth-order valence-electron chi connectivity index (χ4n) is 1.71. The van der Waals surface area contributed by atoms with Gasteiger partial charge in [-0.3, -0.25) is 4.79 Å². The molecule has 5 nitrogen and oxygen atoms in total. The number of nitrogens with zero attached hydrogens (tertiary/aromatic N) is 1. The van der Waals surface area contributed by atoms with Crippen LogP contribution in [0.4, 0.5) is 0 Å². The summed E-state index contributed by atoms with van der Waals surface area (Å²) in [6.07, 6.45) is 0. The van der Waals surface area contributed by atoms with E-state index in [9.17, 15) is 9.59 Å². The third kappa shape index (κ3) is 3.08. The first kappa shape index (κ1) is 14.3. The second kappa shape index (κ2) is 5.92. The lowest BCUT2D eigenvalue weighted by molar-refractivity contribution is 0.0653. The number of carboxylic acid groups (broad SMARTS) is 1. The molecule has 1 heterocycles. The largest absolute Gasteiger partial charge is 0.475 e. The third-order valence-electron chi connectivity index (χ3n) is 2.74. The van der Waals surface area contributed by atoms with Gasteiger partial charge in [-0.05, 0) is 23.8 Å². The normalized spacial score (nSPS) is 10.3. The van der Waals surface area contributed by atoms with E-state index in [4.69, 9.17) is 9.52 Å². The zero-order valence-electron chi connectivity index (χ0n) is 10.7. The molecule has 0 unspecified atom stereocenters. The molecule has 1 aromatic carbocycles. The minimum atomic E-state index is -1.20. The van der Waals surface area contributed by atoms with E-state index in [1.54, 1.807) is 7.05 Å². The minimum Gasteiger partial charge on any atom is -0.475 e. The standard InChI is InChI=1S/C14H12BrNO4/c1-16(8-9-4-2-3-5-10(9)15)13(17)11-6-7-12(20-11)14(18)19/h2-7H,8H2,1H3,(H,18,19). The Balaban J connectivity index is 2.12. The van der Waals surface area contributed by atoms with Crippen LogP contribution in [0.25, 0.3) is 0 Å². The lowest BCUT2D eigenvalue weighted by atomic mass is 10.2.